The summed E-state index contributed by atoms with van der Waals surface area (Å²) in [5, 5.41) is 0.748. The fourth-order valence-electron chi connectivity index (χ4n) is 1.47. The molecule has 0 saturated heterocycles. The molecule has 0 saturated carbocycles. The van der Waals surface area contributed by atoms with Gasteiger partial charge in [0, 0.05) is 0 Å². The average Bonchev–Trinajstić information content (AvgIpc) is 2.79. The summed E-state index contributed by atoms with van der Waals surface area (Å²) in [6.45, 7) is 3.88. The molecule has 1 aromatic carbocycles. The number of nitrogens with one attached hydrogen (secondary N) is 1. The normalized spacial score (nSPS) is 12.6. The van der Waals surface area contributed by atoms with E-state index in [0.717, 1.165) is 22.6 Å². The molecule has 1 N–H and O–H groups in total. The number of carbonyl (C=O) groups is 1. The molecule has 1 heterocycles. The summed E-state index contributed by atoms with van der Waals surface area (Å²) < 4.78 is 5.19. The molecule has 0 aliphatic heterocycles. The molecule has 0 radical (unpaired) electrons. The fraction of sp³-hybridized carbons (Fsp3) is 0.385. The van der Waals surface area contributed by atoms with Gasteiger partial charge in [0.2, 0.25) is 0 Å². The molecule has 96 valence electrons. The molecule has 0 fully saturated rings. The molecule has 1 unspecified atom stereocenters. The van der Waals surface area contributed by atoms with Crippen molar-refractivity contribution in [3.8, 4) is 0 Å². The van der Waals surface area contributed by atoms with E-state index in [-0.39, 0.29) is 17.8 Å². The van der Waals surface area contributed by atoms with Gasteiger partial charge in [0.1, 0.15) is 0 Å². The first kappa shape index (κ1) is 13.0. The quantitative estimate of drug-likeness (QED) is 0.666. The van der Waals surface area contributed by atoms with Crippen molar-refractivity contribution in [3.05, 3.63) is 24.3 Å². The standard InChI is InChI=1S/C13H16N2O2S/c1-3-9(2)17-12(16)8-18-13-14-10-6-4-5-7-11(10)15-13/h4-7,9H,3,8H2,1-2H3,(H,14,15). The number of ether oxygens (including phenoxy) is 1. The topological polar surface area (TPSA) is 55.0 Å². The number of fused-ring (bicyclic) bond motifs is 1. The Morgan fingerprint density at radius 3 is 3.00 bits per heavy atom. The smallest absolute Gasteiger partial charge is 0.316 e. The minimum atomic E-state index is -0.199. The van der Waals surface area contributed by atoms with Crippen molar-refractivity contribution in [2.75, 3.05) is 5.75 Å². The number of imidazole rings is 1. The zero-order valence-corrected chi connectivity index (χ0v) is 11.3. The molecular formula is C13H16N2O2S. The minimum Gasteiger partial charge on any atom is -0.462 e. The zero-order chi connectivity index (χ0) is 13.0. The number of H-pyrrole nitrogens is 1. The average molecular weight is 264 g/mol. The highest BCUT2D eigenvalue weighted by Crippen LogP contribution is 2.19. The number of aromatic nitrogens is 2. The van der Waals surface area contributed by atoms with Crippen molar-refractivity contribution in [3.63, 3.8) is 0 Å². The third kappa shape index (κ3) is 3.26. The van der Waals surface area contributed by atoms with E-state index >= 15 is 0 Å². The third-order valence-corrected chi connectivity index (χ3v) is 3.45. The molecule has 4 nitrogen and oxygen atoms in total. The maximum atomic E-state index is 11.5. The third-order valence-electron chi connectivity index (χ3n) is 2.60. The Hall–Kier alpha value is -1.49. The maximum Gasteiger partial charge on any atom is 0.316 e. The molecule has 0 aliphatic rings. The molecule has 5 heteroatoms. The van der Waals surface area contributed by atoms with Crippen LogP contribution >= 0.6 is 11.8 Å². The van der Waals surface area contributed by atoms with Gasteiger partial charge in [-0.1, -0.05) is 30.8 Å². The van der Waals surface area contributed by atoms with E-state index in [0.29, 0.717) is 0 Å². The summed E-state index contributed by atoms with van der Waals surface area (Å²) in [6.07, 6.45) is 0.815. The molecular weight excluding hydrogens is 248 g/mol. The van der Waals surface area contributed by atoms with E-state index in [1.807, 2.05) is 38.1 Å². The molecule has 1 atom stereocenters. The number of hydrogen-bond acceptors (Lipinski definition) is 4. The van der Waals surface area contributed by atoms with E-state index < -0.39 is 0 Å². The van der Waals surface area contributed by atoms with Crippen LogP contribution in [0.5, 0.6) is 0 Å². The van der Waals surface area contributed by atoms with Crippen LogP contribution in [0.2, 0.25) is 0 Å². The number of benzene rings is 1. The maximum absolute atomic E-state index is 11.5. The van der Waals surface area contributed by atoms with Crippen molar-refractivity contribution in [1.29, 1.82) is 0 Å². The zero-order valence-electron chi connectivity index (χ0n) is 10.5. The Balaban J connectivity index is 1.92. The van der Waals surface area contributed by atoms with Gasteiger partial charge in [0.05, 0.1) is 22.9 Å². The van der Waals surface area contributed by atoms with Crippen LogP contribution in [0.1, 0.15) is 20.3 Å². The van der Waals surface area contributed by atoms with Gasteiger partial charge in [-0.3, -0.25) is 4.79 Å². The van der Waals surface area contributed by atoms with E-state index in [4.69, 9.17) is 4.74 Å². The van der Waals surface area contributed by atoms with E-state index in [1.54, 1.807) is 0 Å². The van der Waals surface area contributed by atoms with E-state index in [2.05, 4.69) is 9.97 Å². The van der Waals surface area contributed by atoms with Gasteiger partial charge >= 0.3 is 5.97 Å². The highest BCUT2D eigenvalue weighted by Gasteiger charge is 2.10. The minimum absolute atomic E-state index is 0.0197. The number of nitrogens with zero attached hydrogens (tertiary/aromatic N) is 1. The van der Waals surface area contributed by atoms with Gasteiger partial charge in [0.25, 0.3) is 0 Å². The van der Waals surface area contributed by atoms with Crippen LogP contribution in [-0.4, -0.2) is 27.8 Å². The molecule has 18 heavy (non-hydrogen) atoms. The van der Waals surface area contributed by atoms with Gasteiger partial charge < -0.3 is 9.72 Å². The van der Waals surface area contributed by atoms with Gasteiger partial charge in [0.15, 0.2) is 5.16 Å². The lowest BCUT2D eigenvalue weighted by Gasteiger charge is -2.09. The highest BCUT2D eigenvalue weighted by molar-refractivity contribution is 7.99. The second-order valence-electron chi connectivity index (χ2n) is 4.06. The van der Waals surface area contributed by atoms with E-state index in [1.165, 1.54) is 11.8 Å². The Kier molecular flexibility index (Phi) is 4.25. The van der Waals surface area contributed by atoms with Crippen LogP contribution in [-0.2, 0) is 9.53 Å². The number of hydrogen-bond donors (Lipinski definition) is 1. The molecule has 2 rings (SSSR count). The first-order valence-corrected chi connectivity index (χ1v) is 6.94. The van der Waals surface area contributed by atoms with E-state index in [9.17, 15) is 4.79 Å². The Bertz CT molecular complexity index is 506. The summed E-state index contributed by atoms with van der Waals surface area (Å²) in [4.78, 5) is 19.1. The molecule has 1 aromatic heterocycles. The second kappa shape index (κ2) is 5.91. The lowest BCUT2D eigenvalue weighted by atomic mass is 10.3. The predicted octanol–water partition coefficient (Wildman–Crippen LogP) is 3.00. The van der Waals surface area contributed by atoms with Crippen molar-refractivity contribution in [2.24, 2.45) is 0 Å². The highest BCUT2D eigenvalue weighted by atomic mass is 32.2. The van der Waals surface area contributed by atoms with Crippen molar-refractivity contribution in [2.45, 2.75) is 31.5 Å². The molecule has 0 spiro atoms. The molecule has 0 amide bonds. The summed E-state index contributed by atoms with van der Waals surface area (Å²) in [7, 11) is 0. The molecule has 0 bridgehead atoms. The van der Waals surface area contributed by atoms with Crippen molar-refractivity contribution in [1.82, 2.24) is 9.97 Å². The number of rotatable bonds is 5. The van der Waals surface area contributed by atoms with Crippen molar-refractivity contribution < 1.29 is 9.53 Å². The van der Waals surface area contributed by atoms with Crippen LogP contribution in [0.15, 0.2) is 29.4 Å². The predicted molar refractivity (Wildman–Crippen MR) is 72.7 cm³/mol. The first-order chi connectivity index (χ1) is 8.69. The molecule has 2 aromatic rings. The largest absolute Gasteiger partial charge is 0.462 e. The fourth-order valence-corrected chi connectivity index (χ4v) is 2.13. The van der Waals surface area contributed by atoms with Gasteiger partial charge in [-0.15, -0.1) is 0 Å². The summed E-state index contributed by atoms with van der Waals surface area (Å²) in [6, 6.07) is 7.79. The Morgan fingerprint density at radius 1 is 1.50 bits per heavy atom. The first-order valence-electron chi connectivity index (χ1n) is 5.96. The number of esters is 1. The Labute approximate surface area is 110 Å². The second-order valence-corrected chi connectivity index (χ2v) is 5.02. The monoisotopic (exact) mass is 264 g/mol. The SMILES string of the molecule is CCC(C)OC(=O)CSc1nc2ccccc2[nH]1. The van der Waals surface area contributed by atoms with Gasteiger partial charge in [-0.2, -0.15) is 0 Å². The Morgan fingerprint density at radius 2 is 2.28 bits per heavy atom. The number of thioether (sulfide) groups is 1. The molecule has 0 aliphatic carbocycles. The van der Waals surface area contributed by atoms with Crippen LogP contribution in [0.25, 0.3) is 11.0 Å². The summed E-state index contributed by atoms with van der Waals surface area (Å²) >= 11 is 1.37. The van der Waals surface area contributed by atoms with Crippen LogP contribution < -0.4 is 0 Å². The number of para-hydroxylation sites is 2. The summed E-state index contributed by atoms with van der Waals surface area (Å²) in [5.41, 5.74) is 1.89. The number of aromatic amines is 1. The van der Waals surface area contributed by atoms with Crippen LogP contribution in [0, 0.1) is 0 Å². The van der Waals surface area contributed by atoms with Gasteiger partial charge in [-0.25, -0.2) is 4.98 Å². The van der Waals surface area contributed by atoms with Crippen LogP contribution in [0.4, 0.5) is 0 Å². The van der Waals surface area contributed by atoms with Crippen molar-refractivity contribution >= 4 is 28.8 Å². The lowest BCUT2D eigenvalue weighted by Crippen LogP contribution is -2.15. The number of carbonyl (C=O) groups excluding carboxylic acids is 1. The summed E-state index contributed by atoms with van der Waals surface area (Å²) in [5.74, 6) is 0.0827. The van der Waals surface area contributed by atoms with Gasteiger partial charge in [-0.05, 0) is 25.5 Å². The lowest BCUT2D eigenvalue weighted by molar-refractivity contribution is -0.144. The van der Waals surface area contributed by atoms with Crippen LogP contribution in [0.3, 0.4) is 0 Å².